The smallest absolute Gasteiger partial charge is 0.339 e. The van der Waals surface area contributed by atoms with Crippen LogP contribution in [-0.2, 0) is 19.4 Å². The fraction of sp³-hybridized carbons (Fsp3) is 0.636. The molecule has 0 unspecified atom stereocenters. The van der Waals surface area contributed by atoms with Gasteiger partial charge in [0.15, 0.2) is 16.4 Å². The molecule has 4 aliphatic carbocycles. The van der Waals surface area contributed by atoms with Crippen LogP contribution in [0.5, 0.6) is 0 Å². The van der Waals surface area contributed by atoms with Crippen LogP contribution in [0, 0.1) is 23.2 Å². The molecule has 0 aromatic heterocycles. The van der Waals surface area contributed by atoms with Gasteiger partial charge in [-0.15, -0.1) is 0 Å². The van der Waals surface area contributed by atoms with Gasteiger partial charge in [0, 0.05) is 12.3 Å². The van der Waals surface area contributed by atoms with Gasteiger partial charge >= 0.3 is 5.97 Å². The van der Waals surface area contributed by atoms with Crippen LogP contribution in [0.1, 0.15) is 55.8 Å². The SMILES string of the molecule is C[C@H](NC(=O)COC(=O)c1ccccc1S(C)(=O)=O)C12CC3CC(CC(C3)C1)C2. The minimum absolute atomic E-state index is 0.0445. The second kappa shape index (κ2) is 7.42. The van der Waals surface area contributed by atoms with Crippen molar-refractivity contribution in [2.75, 3.05) is 12.9 Å². The summed E-state index contributed by atoms with van der Waals surface area (Å²) in [6, 6.07) is 5.92. The molecule has 1 aromatic carbocycles. The molecule has 29 heavy (non-hydrogen) atoms. The number of ether oxygens (including phenoxy) is 1. The average Bonchev–Trinajstić information content (AvgIpc) is 2.64. The summed E-state index contributed by atoms with van der Waals surface area (Å²) in [6.45, 7) is 1.67. The van der Waals surface area contributed by atoms with Gasteiger partial charge in [-0.3, -0.25) is 4.79 Å². The van der Waals surface area contributed by atoms with E-state index in [0.29, 0.717) is 0 Å². The number of nitrogens with one attached hydrogen (secondary N) is 1. The summed E-state index contributed by atoms with van der Waals surface area (Å²) in [5, 5.41) is 3.05. The number of esters is 1. The predicted octanol–water partition coefficient (Wildman–Crippen LogP) is 2.97. The van der Waals surface area contributed by atoms with Crippen LogP contribution >= 0.6 is 0 Å². The van der Waals surface area contributed by atoms with E-state index in [4.69, 9.17) is 4.74 Å². The van der Waals surface area contributed by atoms with Gasteiger partial charge in [-0.2, -0.15) is 0 Å². The summed E-state index contributed by atoms with van der Waals surface area (Å²) in [5.41, 5.74) is 0.133. The van der Waals surface area contributed by atoms with Gasteiger partial charge in [0.2, 0.25) is 0 Å². The summed E-state index contributed by atoms with van der Waals surface area (Å²) in [7, 11) is -3.56. The van der Waals surface area contributed by atoms with Crippen LogP contribution in [0.4, 0.5) is 0 Å². The Morgan fingerprint density at radius 2 is 1.66 bits per heavy atom. The fourth-order valence-corrected chi connectivity index (χ4v) is 7.19. The Labute approximate surface area is 172 Å². The van der Waals surface area contributed by atoms with Gasteiger partial charge in [-0.1, -0.05) is 12.1 Å². The molecule has 4 fully saturated rings. The Bertz CT molecular complexity index is 888. The van der Waals surface area contributed by atoms with Crippen LogP contribution in [-0.4, -0.2) is 39.2 Å². The number of benzene rings is 1. The molecule has 4 bridgehead atoms. The maximum absolute atomic E-state index is 12.5. The molecule has 4 saturated carbocycles. The van der Waals surface area contributed by atoms with Gasteiger partial charge in [-0.25, -0.2) is 13.2 Å². The van der Waals surface area contributed by atoms with E-state index in [9.17, 15) is 18.0 Å². The topological polar surface area (TPSA) is 89.5 Å². The van der Waals surface area contributed by atoms with Crippen molar-refractivity contribution >= 4 is 21.7 Å². The third kappa shape index (κ3) is 4.06. The lowest BCUT2D eigenvalue weighted by Gasteiger charge is -2.59. The third-order valence-electron chi connectivity index (χ3n) is 7.22. The monoisotopic (exact) mass is 419 g/mol. The van der Waals surface area contributed by atoms with E-state index in [2.05, 4.69) is 12.2 Å². The Balaban J connectivity index is 1.36. The van der Waals surface area contributed by atoms with Crippen molar-refractivity contribution < 1.29 is 22.7 Å². The number of sulfone groups is 1. The van der Waals surface area contributed by atoms with Crippen LogP contribution in [0.15, 0.2) is 29.2 Å². The van der Waals surface area contributed by atoms with E-state index in [1.165, 1.54) is 50.7 Å². The lowest BCUT2D eigenvalue weighted by molar-refractivity contribution is -0.128. The molecule has 1 amide bonds. The molecule has 0 saturated heterocycles. The highest BCUT2D eigenvalue weighted by Gasteiger charge is 2.53. The molecule has 0 aliphatic heterocycles. The Morgan fingerprint density at radius 3 is 2.21 bits per heavy atom. The number of amides is 1. The van der Waals surface area contributed by atoms with Crippen molar-refractivity contribution in [1.29, 1.82) is 0 Å². The third-order valence-corrected chi connectivity index (χ3v) is 8.38. The van der Waals surface area contributed by atoms with Crippen LogP contribution in [0.25, 0.3) is 0 Å². The number of carbonyl (C=O) groups is 2. The maximum Gasteiger partial charge on any atom is 0.339 e. The first kappa shape index (κ1) is 20.4. The molecular formula is C22H29NO5S. The van der Waals surface area contributed by atoms with Crippen molar-refractivity contribution in [3.05, 3.63) is 29.8 Å². The molecule has 1 N–H and O–H groups in total. The lowest BCUT2D eigenvalue weighted by atomic mass is 9.48. The number of rotatable bonds is 6. The molecule has 1 atom stereocenters. The highest BCUT2D eigenvalue weighted by atomic mass is 32.2. The summed E-state index contributed by atoms with van der Waals surface area (Å²) in [6.07, 6.45) is 8.62. The quantitative estimate of drug-likeness (QED) is 0.716. The Hall–Kier alpha value is -1.89. The van der Waals surface area contributed by atoms with Crippen LogP contribution < -0.4 is 5.32 Å². The molecule has 6 nitrogen and oxygen atoms in total. The molecule has 0 radical (unpaired) electrons. The minimum Gasteiger partial charge on any atom is -0.452 e. The molecular weight excluding hydrogens is 390 g/mol. The Kier molecular flexibility index (Phi) is 5.21. The zero-order valence-electron chi connectivity index (χ0n) is 17.0. The molecule has 4 aliphatic rings. The predicted molar refractivity (Wildman–Crippen MR) is 108 cm³/mol. The second-order valence-corrected chi connectivity index (χ2v) is 11.4. The van der Waals surface area contributed by atoms with Crippen molar-refractivity contribution in [1.82, 2.24) is 5.32 Å². The van der Waals surface area contributed by atoms with Gasteiger partial charge < -0.3 is 10.1 Å². The zero-order valence-corrected chi connectivity index (χ0v) is 17.8. The van der Waals surface area contributed by atoms with E-state index in [1.807, 2.05) is 0 Å². The van der Waals surface area contributed by atoms with Crippen molar-refractivity contribution in [2.24, 2.45) is 23.2 Å². The fourth-order valence-electron chi connectivity index (χ4n) is 6.31. The Morgan fingerprint density at radius 1 is 1.10 bits per heavy atom. The maximum atomic E-state index is 12.5. The van der Waals surface area contributed by atoms with E-state index in [-0.39, 0.29) is 27.8 Å². The van der Waals surface area contributed by atoms with Crippen LogP contribution in [0.3, 0.4) is 0 Å². The molecule has 7 heteroatoms. The van der Waals surface area contributed by atoms with E-state index in [0.717, 1.165) is 24.0 Å². The molecule has 1 aromatic rings. The molecule has 158 valence electrons. The van der Waals surface area contributed by atoms with Gasteiger partial charge in [0.05, 0.1) is 10.5 Å². The van der Waals surface area contributed by atoms with Gasteiger partial charge in [-0.05, 0) is 80.8 Å². The first-order valence-corrected chi connectivity index (χ1v) is 12.3. The van der Waals surface area contributed by atoms with Gasteiger partial charge in [0.1, 0.15) is 0 Å². The summed E-state index contributed by atoms with van der Waals surface area (Å²) >= 11 is 0. The van der Waals surface area contributed by atoms with Crippen molar-refractivity contribution in [3.63, 3.8) is 0 Å². The highest BCUT2D eigenvalue weighted by molar-refractivity contribution is 7.90. The largest absolute Gasteiger partial charge is 0.452 e. The van der Waals surface area contributed by atoms with E-state index < -0.39 is 22.4 Å². The lowest BCUT2D eigenvalue weighted by Crippen LogP contribution is -2.56. The molecule has 0 spiro atoms. The normalized spacial score (nSPS) is 31.3. The average molecular weight is 420 g/mol. The van der Waals surface area contributed by atoms with Crippen molar-refractivity contribution in [2.45, 2.75) is 56.4 Å². The first-order chi connectivity index (χ1) is 13.7. The summed E-state index contributed by atoms with van der Waals surface area (Å²) in [4.78, 5) is 24.7. The van der Waals surface area contributed by atoms with E-state index in [1.54, 1.807) is 12.1 Å². The number of hydrogen-bond acceptors (Lipinski definition) is 5. The highest BCUT2D eigenvalue weighted by Crippen LogP contribution is 2.61. The zero-order chi connectivity index (χ0) is 20.8. The van der Waals surface area contributed by atoms with E-state index >= 15 is 0 Å². The number of hydrogen-bond donors (Lipinski definition) is 1. The van der Waals surface area contributed by atoms with Gasteiger partial charge in [0.25, 0.3) is 5.91 Å². The van der Waals surface area contributed by atoms with Crippen molar-refractivity contribution in [3.8, 4) is 0 Å². The first-order valence-electron chi connectivity index (χ1n) is 10.4. The molecule has 0 heterocycles. The minimum atomic E-state index is -3.56. The second-order valence-electron chi connectivity index (χ2n) is 9.41. The summed E-state index contributed by atoms with van der Waals surface area (Å²) in [5.74, 6) is 1.25. The standard InChI is InChI=1S/C22H29NO5S/c1-14(22-10-15-7-16(11-22)9-17(8-15)12-22)23-20(24)13-28-21(25)18-5-3-4-6-19(18)29(2,26)27/h3-6,14-17H,7-13H2,1-2H3,(H,23,24)/t14-,15?,16?,17?,22?/m0/s1. The van der Waals surface area contributed by atoms with Crippen LogP contribution in [0.2, 0.25) is 0 Å². The number of carbonyl (C=O) groups excluding carboxylic acids is 2. The summed E-state index contributed by atoms with van der Waals surface area (Å²) < 4.78 is 28.9. The molecule has 5 rings (SSSR count).